The summed E-state index contributed by atoms with van der Waals surface area (Å²) in [6.45, 7) is 3.72. The van der Waals surface area contributed by atoms with E-state index < -0.39 is 0 Å². The SMILES string of the molecule is CCN1C(=O)C(=Cc2cn(CCOc3cccc(OC)c3)c3ccccc23)SC1=S. The van der Waals surface area contributed by atoms with Gasteiger partial charge in [0.1, 0.15) is 22.4 Å². The minimum atomic E-state index is -0.0225. The van der Waals surface area contributed by atoms with Crippen LogP contribution in [0.15, 0.2) is 59.6 Å². The maximum absolute atomic E-state index is 12.6. The van der Waals surface area contributed by atoms with Crippen molar-refractivity contribution >= 4 is 51.2 Å². The molecule has 0 N–H and O–H groups in total. The molecule has 154 valence electrons. The monoisotopic (exact) mass is 438 g/mol. The molecule has 4 rings (SSSR count). The summed E-state index contributed by atoms with van der Waals surface area (Å²) in [5.41, 5.74) is 2.10. The van der Waals surface area contributed by atoms with Gasteiger partial charge in [-0.25, -0.2) is 0 Å². The van der Waals surface area contributed by atoms with Crippen molar-refractivity contribution in [2.75, 3.05) is 20.3 Å². The van der Waals surface area contributed by atoms with Crippen LogP contribution in [0, 0.1) is 0 Å². The first-order valence-electron chi connectivity index (χ1n) is 9.70. The van der Waals surface area contributed by atoms with E-state index in [-0.39, 0.29) is 5.91 Å². The number of methoxy groups -OCH3 is 1. The van der Waals surface area contributed by atoms with Crippen LogP contribution in [0.3, 0.4) is 0 Å². The Bertz CT molecular complexity index is 1140. The maximum Gasteiger partial charge on any atom is 0.266 e. The van der Waals surface area contributed by atoms with E-state index in [1.807, 2.05) is 49.4 Å². The molecule has 0 spiro atoms. The molecule has 1 aliphatic heterocycles. The summed E-state index contributed by atoms with van der Waals surface area (Å²) < 4.78 is 13.9. The molecule has 3 aromatic rings. The number of carbonyl (C=O) groups excluding carboxylic acids is 1. The second-order valence-electron chi connectivity index (χ2n) is 6.75. The number of likely N-dealkylation sites (N-methyl/N-ethyl adjacent to an activating group) is 1. The van der Waals surface area contributed by atoms with E-state index in [1.54, 1.807) is 12.0 Å². The van der Waals surface area contributed by atoms with Crippen LogP contribution in [0.2, 0.25) is 0 Å². The third-order valence-corrected chi connectivity index (χ3v) is 6.32. The fourth-order valence-corrected chi connectivity index (χ4v) is 4.82. The van der Waals surface area contributed by atoms with Gasteiger partial charge in [0.25, 0.3) is 5.91 Å². The summed E-state index contributed by atoms with van der Waals surface area (Å²) in [6.07, 6.45) is 4.01. The fraction of sp³-hybridized carbons (Fsp3) is 0.217. The summed E-state index contributed by atoms with van der Waals surface area (Å²) >= 11 is 6.69. The standard InChI is InChI=1S/C23H22N2O3S2/c1-3-25-22(26)21(30-23(25)29)13-16-15-24(20-10-5-4-9-19(16)20)11-12-28-18-8-6-7-17(14-18)27-2/h4-10,13-15H,3,11-12H2,1-2H3. The highest BCUT2D eigenvalue weighted by Gasteiger charge is 2.30. The van der Waals surface area contributed by atoms with Gasteiger partial charge < -0.3 is 14.0 Å². The van der Waals surface area contributed by atoms with Crippen LogP contribution in [-0.2, 0) is 11.3 Å². The number of thioether (sulfide) groups is 1. The van der Waals surface area contributed by atoms with Gasteiger partial charge in [-0.1, -0.05) is 48.2 Å². The van der Waals surface area contributed by atoms with Crippen LogP contribution < -0.4 is 9.47 Å². The van der Waals surface area contributed by atoms with Crippen LogP contribution in [0.5, 0.6) is 11.5 Å². The molecule has 2 heterocycles. The van der Waals surface area contributed by atoms with E-state index in [4.69, 9.17) is 21.7 Å². The molecule has 0 unspecified atom stereocenters. The van der Waals surface area contributed by atoms with Gasteiger partial charge in [0.05, 0.1) is 18.6 Å². The van der Waals surface area contributed by atoms with Crippen molar-refractivity contribution < 1.29 is 14.3 Å². The molecule has 1 amide bonds. The highest BCUT2D eigenvalue weighted by molar-refractivity contribution is 8.26. The Morgan fingerprint density at radius 3 is 2.70 bits per heavy atom. The zero-order valence-electron chi connectivity index (χ0n) is 16.8. The molecule has 30 heavy (non-hydrogen) atoms. The van der Waals surface area contributed by atoms with Gasteiger partial charge in [0.15, 0.2) is 0 Å². The number of rotatable bonds is 7. The zero-order chi connectivity index (χ0) is 21.1. The van der Waals surface area contributed by atoms with Gasteiger partial charge in [-0.15, -0.1) is 0 Å². The first kappa shape index (κ1) is 20.5. The van der Waals surface area contributed by atoms with Crippen molar-refractivity contribution in [3.63, 3.8) is 0 Å². The average Bonchev–Trinajstić information content (AvgIpc) is 3.25. The molecule has 7 heteroatoms. The van der Waals surface area contributed by atoms with Crippen LogP contribution >= 0.6 is 24.0 Å². The number of fused-ring (bicyclic) bond motifs is 1. The molecule has 0 radical (unpaired) electrons. The minimum absolute atomic E-state index is 0.0225. The predicted molar refractivity (Wildman–Crippen MR) is 126 cm³/mol. The van der Waals surface area contributed by atoms with Gasteiger partial charge in [0.2, 0.25) is 0 Å². The Kier molecular flexibility index (Phi) is 6.11. The minimum Gasteiger partial charge on any atom is -0.497 e. The van der Waals surface area contributed by atoms with Gasteiger partial charge in [-0.3, -0.25) is 9.69 Å². The van der Waals surface area contributed by atoms with Crippen molar-refractivity contribution in [3.8, 4) is 11.5 Å². The first-order valence-corrected chi connectivity index (χ1v) is 10.9. The third kappa shape index (κ3) is 4.08. The molecule has 1 aliphatic rings. The van der Waals surface area contributed by atoms with E-state index >= 15 is 0 Å². The Balaban J connectivity index is 1.56. The maximum atomic E-state index is 12.6. The Hall–Kier alpha value is -2.77. The summed E-state index contributed by atoms with van der Waals surface area (Å²) in [5.74, 6) is 1.52. The fourth-order valence-electron chi connectivity index (χ4n) is 3.44. The smallest absolute Gasteiger partial charge is 0.266 e. The van der Waals surface area contributed by atoms with Crippen LogP contribution in [-0.4, -0.2) is 40.0 Å². The quantitative estimate of drug-likeness (QED) is 0.386. The third-order valence-electron chi connectivity index (χ3n) is 4.94. The Morgan fingerprint density at radius 1 is 1.13 bits per heavy atom. The second-order valence-corrected chi connectivity index (χ2v) is 8.42. The lowest BCUT2D eigenvalue weighted by Crippen LogP contribution is -2.27. The van der Waals surface area contributed by atoms with Gasteiger partial charge in [0, 0.05) is 35.3 Å². The molecular formula is C23H22N2O3S2. The lowest BCUT2D eigenvalue weighted by atomic mass is 10.1. The summed E-state index contributed by atoms with van der Waals surface area (Å²) in [6, 6.07) is 15.8. The molecule has 2 aromatic carbocycles. The van der Waals surface area contributed by atoms with Crippen molar-refractivity contribution in [2.45, 2.75) is 13.5 Å². The first-order chi connectivity index (χ1) is 14.6. The number of thiocarbonyl (C=S) groups is 1. The van der Waals surface area contributed by atoms with Crippen LogP contribution in [0.1, 0.15) is 12.5 Å². The lowest BCUT2D eigenvalue weighted by Gasteiger charge is -2.09. The topological polar surface area (TPSA) is 43.7 Å². The molecule has 1 aromatic heterocycles. The molecule has 5 nitrogen and oxygen atoms in total. The number of para-hydroxylation sites is 1. The Morgan fingerprint density at radius 2 is 1.93 bits per heavy atom. The lowest BCUT2D eigenvalue weighted by molar-refractivity contribution is -0.121. The number of aromatic nitrogens is 1. The average molecular weight is 439 g/mol. The van der Waals surface area contributed by atoms with Crippen molar-refractivity contribution in [2.24, 2.45) is 0 Å². The van der Waals surface area contributed by atoms with E-state index in [0.29, 0.717) is 28.9 Å². The predicted octanol–water partition coefficient (Wildman–Crippen LogP) is 4.95. The van der Waals surface area contributed by atoms with Gasteiger partial charge in [-0.05, 0) is 31.2 Å². The number of carbonyl (C=O) groups is 1. The number of amides is 1. The largest absolute Gasteiger partial charge is 0.497 e. The van der Waals surface area contributed by atoms with Crippen LogP contribution in [0.4, 0.5) is 0 Å². The van der Waals surface area contributed by atoms with E-state index in [0.717, 1.165) is 28.0 Å². The molecule has 0 aliphatic carbocycles. The highest BCUT2D eigenvalue weighted by atomic mass is 32.2. The molecule has 1 fully saturated rings. The molecule has 0 bridgehead atoms. The van der Waals surface area contributed by atoms with Crippen molar-refractivity contribution in [1.29, 1.82) is 0 Å². The molecular weight excluding hydrogens is 416 g/mol. The molecule has 0 atom stereocenters. The molecule has 1 saturated heterocycles. The summed E-state index contributed by atoms with van der Waals surface area (Å²) in [5, 5.41) is 1.10. The van der Waals surface area contributed by atoms with E-state index in [9.17, 15) is 4.79 Å². The molecule has 0 saturated carbocycles. The Labute approximate surface area is 185 Å². The summed E-state index contributed by atoms with van der Waals surface area (Å²) in [7, 11) is 1.64. The number of hydrogen-bond donors (Lipinski definition) is 0. The van der Waals surface area contributed by atoms with Crippen molar-refractivity contribution in [1.82, 2.24) is 9.47 Å². The highest BCUT2D eigenvalue weighted by Crippen LogP contribution is 2.34. The number of benzene rings is 2. The number of nitrogens with zero attached hydrogens (tertiary/aromatic N) is 2. The second kappa shape index (κ2) is 8.93. The van der Waals surface area contributed by atoms with Crippen LogP contribution in [0.25, 0.3) is 17.0 Å². The van der Waals surface area contributed by atoms with Gasteiger partial charge in [-0.2, -0.15) is 0 Å². The van der Waals surface area contributed by atoms with Crippen molar-refractivity contribution in [3.05, 3.63) is 65.2 Å². The normalized spacial score (nSPS) is 15.4. The van der Waals surface area contributed by atoms with E-state index in [2.05, 4.69) is 22.9 Å². The zero-order valence-corrected chi connectivity index (χ0v) is 18.5. The van der Waals surface area contributed by atoms with E-state index in [1.165, 1.54) is 11.8 Å². The van der Waals surface area contributed by atoms with Gasteiger partial charge >= 0.3 is 0 Å². The summed E-state index contributed by atoms with van der Waals surface area (Å²) in [4.78, 5) is 14.9. The number of hydrogen-bond acceptors (Lipinski definition) is 5. The number of ether oxygens (including phenoxy) is 2.